The maximum absolute atomic E-state index is 14.3. The number of likely N-dealkylation sites (N-methyl/N-ethyl adjacent to an activating group) is 1. The molecule has 0 aliphatic carbocycles. The number of nitrogens with zero attached hydrogens (tertiary/aromatic N) is 3. The van der Waals surface area contributed by atoms with E-state index in [4.69, 9.17) is 10.5 Å². The highest BCUT2D eigenvalue weighted by Gasteiger charge is 2.21. The molecule has 5 rings (SSSR count). The molecule has 0 spiro atoms. The Bertz CT molecular complexity index is 1440. The number of rotatable bonds is 7. The van der Waals surface area contributed by atoms with Crippen molar-refractivity contribution in [3.05, 3.63) is 60.0 Å². The van der Waals surface area contributed by atoms with Crippen molar-refractivity contribution in [2.24, 2.45) is 5.73 Å². The number of ether oxygens (including phenoxy) is 1. The van der Waals surface area contributed by atoms with Crippen LogP contribution in [0.1, 0.15) is 16.8 Å². The van der Waals surface area contributed by atoms with Gasteiger partial charge in [0.25, 0.3) is 5.91 Å². The summed E-state index contributed by atoms with van der Waals surface area (Å²) in [7, 11) is 3.78. The molecule has 0 bridgehead atoms. The third-order valence-electron chi connectivity index (χ3n) is 6.51. The lowest BCUT2D eigenvalue weighted by Crippen LogP contribution is -2.28. The molecule has 37 heavy (non-hydrogen) atoms. The average Bonchev–Trinajstić information content (AvgIpc) is 3.24. The largest absolute Gasteiger partial charge is 0.493 e. The number of benzene rings is 2. The molecule has 0 saturated carbocycles. The number of nitrogens with one attached hydrogen (secondary N) is 4. The first kappa shape index (κ1) is 24.3. The first-order valence-electron chi connectivity index (χ1n) is 12.1. The summed E-state index contributed by atoms with van der Waals surface area (Å²) in [6.07, 6.45) is 2.86. The maximum Gasteiger partial charge on any atom is 0.351 e. The molecule has 2 aromatic carbocycles. The number of carbonyl (C=O) groups excluding carboxylic acids is 1. The smallest absolute Gasteiger partial charge is 0.351 e. The van der Waals surface area contributed by atoms with Crippen molar-refractivity contribution in [2.75, 3.05) is 55.9 Å². The van der Waals surface area contributed by atoms with Gasteiger partial charge in [0.1, 0.15) is 11.5 Å². The van der Waals surface area contributed by atoms with Crippen LogP contribution in [0.5, 0.6) is 5.75 Å². The van der Waals surface area contributed by atoms with Gasteiger partial charge >= 0.3 is 5.95 Å². The number of halogens is 1. The fourth-order valence-corrected chi connectivity index (χ4v) is 4.56. The molecule has 1 amide bonds. The molecule has 4 aromatic rings. The lowest BCUT2D eigenvalue weighted by molar-refractivity contribution is -0.333. The van der Waals surface area contributed by atoms with Crippen molar-refractivity contribution in [1.29, 1.82) is 0 Å². The van der Waals surface area contributed by atoms with E-state index in [1.54, 1.807) is 19.4 Å². The van der Waals surface area contributed by atoms with Crippen LogP contribution in [-0.2, 0) is 0 Å². The van der Waals surface area contributed by atoms with Gasteiger partial charge in [-0.05, 0) is 50.3 Å². The predicted molar refractivity (Wildman–Crippen MR) is 141 cm³/mol. The number of aromatic nitrogens is 3. The lowest BCUT2D eigenvalue weighted by atomic mass is 10.1. The molecule has 1 fully saturated rings. The second-order valence-corrected chi connectivity index (χ2v) is 9.01. The second kappa shape index (κ2) is 10.3. The van der Waals surface area contributed by atoms with Crippen molar-refractivity contribution in [1.82, 2.24) is 14.9 Å². The van der Waals surface area contributed by atoms with E-state index < -0.39 is 11.7 Å². The molecular weight excluding hydrogens is 475 g/mol. The topological polar surface area (TPSA) is 126 Å². The zero-order valence-corrected chi connectivity index (χ0v) is 20.8. The van der Waals surface area contributed by atoms with E-state index in [2.05, 4.69) is 48.5 Å². The van der Waals surface area contributed by atoms with Crippen molar-refractivity contribution in [3.63, 3.8) is 0 Å². The van der Waals surface area contributed by atoms with Crippen LogP contribution in [0.15, 0.2) is 48.7 Å². The Morgan fingerprint density at radius 3 is 2.81 bits per heavy atom. The number of hydrogen-bond acceptors (Lipinski definition) is 7. The monoisotopic (exact) mass is 505 g/mol. The van der Waals surface area contributed by atoms with Crippen LogP contribution in [0.4, 0.5) is 33.2 Å². The minimum Gasteiger partial charge on any atom is -0.493 e. The van der Waals surface area contributed by atoms with Gasteiger partial charge in [-0.1, -0.05) is 11.1 Å². The number of fused-ring (bicyclic) bond motifs is 1. The Balaban J connectivity index is 1.45. The van der Waals surface area contributed by atoms with E-state index in [0.29, 0.717) is 23.2 Å². The van der Waals surface area contributed by atoms with Gasteiger partial charge in [-0.3, -0.25) is 15.1 Å². The number of aromatic amines is 2. The molecule has 1 aliphatic heterocycles. The van der Waals surface area contributed by atoms with E-state index in [9.17, 15) is 9.18 Å². The summed E-state index contributed by atoms with van der Waals surface area (Å²) in [4.78, 5) is 27.6. The van der Waals surface area contributed by atoms with Gasteiger partial charge in [0.2, 0.25) is 11.5 Å². The van der Waals surface area contributed by atoms with Crippen LogP contribution in [-0.4, -0.2) is 61.1 Å². The Labute approximate surface area is 213 Å². The van der Waals surface area contributed by atoms with Crippen molar-refractivity contribution < 1.29 is 18.9 Å². The summed E-state index contributed by atoms with van der Waals surface area (Å²) >= 11 is 0. The molecule has 1 aliphatic rings. The summed E-state index contributed by atoms with van der Waals surface area (Å²) in [5.74, 6) is -0.0727. The summed E-state index contributed by atoms with van der Waals surface area (Å²) in [6.45, 7) is 4.04. The third-order valence-corrected chi connectivity index (χ3v) is 6.51. The predicted octanol–water partition coefficient (Wildman–Crippen LogP) is 3.25. The molecule has 3 heterocycles. The van der Waals surface area contributed by atoms with Crippen LogP contribution < -0.4 is 31.0 Å². The fourth-order valence-electron chi connectivity index (χ4n) is 4.56. The SMILES string of the molecule is COc1cc(N2CCCN(C)CC2)ccc1Nc1nc(Nc2cccc(F)c2C(N)=O)c2cc[nH]c2[nH+]1. The molecule has 0 radical (unpaired) electrons. The number of nitrogens with two attached hydrogens (primary N) is 1. The number of amides is 1. The van der Waals surface area contributed by atoms with Crippen LogP contribution in [0.2, 0.25) is 0 Å². The van der Waals surface area contributed by atoms with Gasteiger partial charge in [-0.25, -0.2) is 9.37 Å². The van der Waals surface area contributed by atoms with Crippen LogP contribution in [0, 0.1) is 5.82 Å². The van der Waals surface area contributed by atoms with Crippen molar-refractivity contribution >= 4 is 45.8 Å². The summed E-state index contributed by atoms with van der Waals surface area (Å²) in [5, 5.41) is 7.07. The Morgan fingerprint density at radius 2 is 2.00 bits per heavy atom. The third kappa shape index (κ3) is 5.12. The van der Waals surface area contributed by atoms with Gasteiger partial charge in [0.05, 0.1) is 23.7 Å². The van der Waals surface area contributed by atoms with Crippen LogP contribution in [0.25, 0.3) is 11.0 Å². The molecule has 11 heteroatoms. The maximum atomic E-state index is 14.3. The van der Waals surface area contributed by atoms with Gasteiger partial charge in [-0.15, -0.1) is 0 Å². The first-order chi connectivity index (χ1) is 17.9. The highest BCUT2D eigenvalue weighted by atomic mass is 19.1. The minimum atomic E-state index is -0.868. The number of H-pyrrole nitrogens is 2. The Kier molecular flexibility index (Phi) is 6.78. The highest BCUT2D eigenvalue weighted by Crippen LogP contribution is 2.33. The number of primary amides is 1. The van der Waals surface area contributed by atoms with Crippen LogP contribution in [0.3, 0.4) is 0 Å². The Hall–Kier alpha value is -4.38. The quantitative estimate of drug-likeness (QED) is 0.304. The van der Waals surface area contributed by atoms with Gasteiger partial charge in [0, 0.05) is 37.6 Å². The zero-order chi connectivity index (χ0) is 25.9. The van der Waals surface area contributed by atoms with E-state index in [1.807, 2.05) is 18.2 Å². The summed E-state index contributed by atoms with van der Waals surface area (Å²) in [5.41, 5.74) is 7.93. The number of carbonyl (C=O) groups is 1. The zero-order valence-electron chi connectivity index (χ0n) is 20.8. The molecule has 192 valence electrons. The minimum absolute atomic E-state index is 0.227. The molecule has 10 nitrogen and oxygen atoms in total. The van der Waals surface area contributed by atoms with E-state index in [0.717, 1.165) is 49.4 Å². The number of anilines is 5. The van der Waals surface area contributed by atoms with Crippen molar-refractivity contribution in [3.8, 4) is 5.75 Å². The molecule has 6 N–H and O–H groups in total. The standard InChI is InChI=1S/C26H29FN8O2/c1-34-11-4-12-35(14-13-34)16-7-8-19(21(15-16)37-2)31-26-32-24-17(9-10-29-24)25(33-26)30-20-6-3-5-18(27)22(20)23(28)36/h3,5-10,15H,4,11-14H2,1-2H3,(H2,28,36)(H3,29,30,31,32,33)/p+1. The molecule has 1 saturated heterocycles. The normalized spacial score (nSPS) is 14.4. The van der Waals surface area contributed by atoms with E-state index >= 15 is 0 Å². The molecule has 0 unspecified atom stereocenters. The lowest BCUT2D eigenvalue weighted by Gasteiger charge is -2.23. The Morgan fingerprint density at radius 1 is 1.14 bits per heavy atom. The summed E-state index contributed by atoms with van der Waals surface area (Å²) < 4.78 is 20.0. The van der Waals surface area contributed by atoms with Crippen molar-refractivity contribution in [2.45, 2.75) is 6.42 Å². The van der Waals surface area contributed by atoms with Gasteiger partial charge < -0.3 is 25.6 Å². The van der Waals surface area contributed by atoms with E-state index in [-0.39, 0.29) is 11.3 Å². The second-order valence-electron chi connectivity index (χ2n) is 9.01. The number of hydrogen-bond donors (Lipinski definition) is 4. The molecular formula is C26H30FN8O2+. The van der Waals surface area contributed by atoms with Gasteiger partial charge in [-0.2, -0.15) is 0 Å². The van der Waals surface area contributed by atoms with Gasteiger partial charge in [0.15, 0.2) is 5.75 Å². The highest BCUT2D eigenvalue weighted by molar-refractivity contribution is 6.00. The average molecular weight is 506 g/mol. The fraction of sp³-hybridized carbons (Fsp3) is 0.269. The van der Waals surface area contributed by atoms with Crippen LogP contribution >= 0.6 is 0 Å². The number of methoxy groups -OCH3 is 1. The molecule has 0 atom stereocenters. The van der Waals surface area contributed by atoms with E-state index in [1.165, 1.54) is 12.1 Å². The first-order valence-corrected chi connectivity index (χ1v) is 12.1. The molecule has 2 aromatic heterocycles. The summed E-state index contributed by atoms with van der Waals surface area (Å²) in [6, 6.07) is 12.1.